The average Bonchev–Trinajstić information content (AvgIpc) is 2.46. The molecule has 0 bridgehead atoms. The van der Waals surface area contributed by atoms with E-state index in [1.54, 1.807) is 7.11 Å². The normalized spacial score (nSPS) is 17.4. The minimum absolute atomic E-state index is 0.700. The predicted octanol–water partition coefficient (Wildman–Crippen LogP) is 2.36. The Morgan fingerprint density at radius 2 is 2.10 bits per heavy atom. The van der Waals surface area contributed by atoms with E-state index in [1.165, 1.54) is 19.3 Å². The van der Waals surface area contributed by atoms with E-state index >= 15 is 0 Å². The van der Waals surface area contributed by atoms with Gasteiger partial charge in [0.05, 0.1) is 12.8 Å². The van der Waals surface area contributed by atoms with Crippen molar-refractivity contribution in [3.8, 4) is 5.75 Å². The number of nitrogens with one attached hydrogen (secondary N) is 1. The van der Waals surface area contributed by atoms with Crippen molar-refractivity contribution < 1.29 is 4.74 Å². The molecule has 1 fully saturated rings. The summed E-state index contributed by atoms with van der Waals surface area (Å²) in [7, 11) is 1.71. The molecule has 1 N–H and O–H groups in total. The van der Waals surface area contributed by atoms with Crippen LogP contribution in [0.15, 0.2) is 12.1 Å². The number of ether oxygens (including phenoxy) is 1. The fourth-order valence-electron chi connectivity index (χ4n) is 2.77. The molecule has 0 saturated carbocycles. The smallest absolute Gasteiger partial charge is 0.122 e. The first kappa shape index (κ1) is 15.3. The van der Waals surface area contributed by atoms with Crippen LogP contribution in [0.4, 0.5) is 0 Å². The summed E-state index contributed by atoms with van der Waals surface area (Å²) in [5.41, 5.74) is 2.14. The molecule has 0 spiro atoms. The zero-order chi connectivity index (χ0) is 14.4. The summed E-state index contributed by atoms with van der Waals surface area (Å²) in [5.74, 6) is 0.909. The van der Waals surface area contributed by atoms with Crippen molar-refractivity contribution in [1.29, 1.82) is 0 Å². The molecule has 1 aromatic heterocycles. The summed E-state index contributed by atoms with van der Waals surface area (Å²) in [6, 6.07) is 4.73. The average molecular weight is 277 g/mol. The minimum atomic E-state index is 0.700. The number of aryl methyl sites for hydroxylation is 1. The van der Waals surface area contributed by atoms with Gasteiger partial charge in [0.1, 0.15) is 5.75 Å². The predicted molar refractivity (Wildman–Crippen MR) is 82.1 cm³/mol. The molecule has 2 heterocycles. The zero-order valence-electron chi connectivity index (χ0n) is 13.0. The Morgan fingerprint density at radius 3 is 2.75 bits per heavy atom. The molecule has 20 heavy (non-hydrogen) atoms. The number of aromatic nitrogens is 1. The molecule has 1 aliphatic heterocycles. The van der Waals surface area contributed by atoms with Gasteiger partial charge in [0.25, 0.3) is 0 Å². The van der Waals surface area contributed by atoms with Crippen LogP contribution in [0.5, 0.6) is 5.75 Å². The largest absolute Gasteiger partial charge is 0.497 e. The van der Waals surface area contributed by atoms with Crippen LogP contribution in [0.1, 0.15) is 37.6 Å². The Hall–Kier alpha value is -1.13. The fourth-order valence-corrected chi connectivity index (χ4v) is 2.77. The lowest BCUT2D eigenvalue weighted by molar-refractivity contribution is 0.189. The highest BCUT2D eigenvalue weighted by Crippen LogP contribution is 2.17. The molecule has 112 valence electrons. The Kier molecular flexibility index (Phi) is 5.80. The van der Waals surface area contributed by atoms with Gasteiger partial charge in [-0.05, 0) is 32.7 Å². The van der Waals surface area contributed by atoms with Gasteiger partial charge in [-0.1, -0.05) is 6.92 Å². The molecule has 4 heteroatoms. The van der Waals surface area contributed by atoms with Crippen LogP contribution in [0, 0.1) is 6.92 Å². The number of hydrogen-bond acceptors (Lipinski definition) is 4. The van der Waals surface area contributed by atoms with Crippen LogP contribution in [0.3, 0.4) is 0 Å². The van der Waals surface area contributed by atoms with Gasteiger partial charge >= 0.3 is 0 Å². The summed E-state index contributed by atoms with van der Waals surface area (Å²) in [6.45, 7) is 8.62. The number of rotatable bonds is 6. The molecule has 1 saturated heterocycles. The summed E-state index contributed by atoms with van der Waals surface area (Å²) in [6.07, 6.45) is 3.69. The van der Waals surface area contributed by atoms with Crippen molar-refractivity contribution in [3.05, 3.63) is 23.5 Å². The van der Waals surface area contributed by atoms with E-state index in [4.69, 9.17) is 4.74 Å². The lowest BCUT2D eigenvalue weighted by atomic mass is 10.0. The van der Waals surface area contributed by atoms with Gasteiger partial charge in [0.15, 0.2) is 0 Å². The van der Waals surface area contributed by atoms with E-state index in [0.29, 0.717) is 6.04 Å². The second-order valence-electron chi connectivity index (χ2n) is 5.64. The molecule has 1 aliphatic rings. The minimum Gasteiger partial charge on any atom is -0.497 e. The Balaban J connectivity index is 1.84. The van der Waals surface area contributed by atoms with Gasteiger partial charge in [0.2, 0.25) is 0 Å². The molecule has 0 radical (unpaired) electrons. The topological polar surface area (TPSA) is 37.4 Å². The number of piperidine rings is 1. The number of nitrogens with zero attached hydrogens (tertiary/aromatic N) is 2. The molecule has 2 rings (SSSR count). The van der Waals surface area contributed by atoms with E-state index in [0.717, 1.165) is 43.3 Å². The van der Waals surface area contributed by atoms with Gasteiger partial charge in [-0.15, -0.1) is 0 Å². The fraction of sp³-hybridized carbons (Fsp3) is 0.688. The maximum Gasteiger partial charge on any atom is 0.122 e. The Bertz CT molecular complexity index is 414. The highest BCUT2D eigenvalue weighted by molar-refractivity contribution is 5.26. The van der Waals surface area contributed by atoms with Gasteiger partial charge in [-0.3, -0.25) is 9.88 Å². The van der Waals surface area contributed by atoms with Crippen LogP contribution < -0.4 is 10.1 Å². The lowest BCUT2D eigenvalue weighted by Gasteiger charge is -2.32. The van der Waals surface area contributed by atoms with Crippen LogP contribution in [0.25, 0.3) is 0 Å². The number of pyridine rings is 1. The van der Waals surface area contributed by atoms with E-state index in [1.807, 2.05) is 13.0 Å². The molecule has 0 atom stereocenters. The van der Waals surface area contributed by atoms with Gasteiger partial charge in [-0.2, -0.15) is 0 Å². The van der Waals surface area contributed by atoms with Crippen LogP contribution >= 0.6 is 0 Å². The van der Waals surface area contributed by atoms with Gasteiger partial charge in [-0.25, -0.2) is 0 Å². The molecular formula is C16H27N3O. The molecule has 0 amide bonds. The first-order chi connectivity index (χ1) is 9.71. The molecule has 1 aromatic rings. The standard InChI is InChI=1S/C16H27N3O/c1-4-7-17-14-5-8-19(9-6-14)12-15-11-16(20-3)10-13(2)18-15/h10-11,14,17H,4-9,12H2,1-3H3. The maximum atomic E-state index is 5.32. The van der Waals surface area contributed by atoms with E-state index in [2.05, 4.69) is 28.2 Å². The monoisotopic (exact) mass is 277 g/mol. The first-order valence-corrected chi connectivity index (χ1v) is 7.68. The zero-order valence-corrected chi connectivity index (χ0v) is 13.0. The van der Waals surface area contributed by atoms with Crippen LogP contribution in [-0.4, -0.2) is 42.7 Å². The number of likely N-dealkylation sites (tertiary alicyclic amines) is 1. The molecule has 0 unspecified atom stereocenters. The third kappa shape index (κ3) is 4.46. The SMILES string of the molecule is CCCNC1CCN(Cc2cc(OC)cc(C)n2)CC1. The maximum absolute atomic E-state index is 5.32. The first-order valence-electron chi connectivity index (χ1n) is 7.68. The Morgan fingerprint density at radius 1 is 1.35 bits per heavy atom. The second kappa shape index (κ2) is 7.60. The molecule has 4 nitrogen and oxygen atoms in total. The van der Waals surface area contributed by atoms with Crippen molar-refractivity contribution in [1.82, 2.24) is 15.2 Å². The number of hydrogen-bond donors (Lipinski definition) is 1. The quantitative estimate of drug-likeness (QED) is 0.866. The molecular weight excluding hydrogens is 250 g/mol. The second-order valence-corrected chi connectivity index (χ2v) is 5.64. The van der Waals surface area contributed by atoms with Crippen molar-refractivity contribution in [2.24, 2.45) is 0 Å². The van der Waals surface area contributed by atoms with E-state index in [-0.39, 0.29) is 0 Å². The van der Waals surface area contributed by atoms with Crippen LogP contribution in [0.2, 0.25) is 0 Å². The van der Waals surface area contributed by atoms with Crippen LogP contribution in [-0.2, 0) is 6.54 Å². The van der Waals surface area contributed by atoms with Crippen molar-refractivity contribution in [3.63, 3.8) is 0 Å². The highest BCUT2D eigenvalue weighted by atomic mass is 16.5. The Labute approximate surface area is 122 Å². The highest BCUT2D eigenvalue weighted by Gasteiger charge is 2.19. The molecule has 0 aromatic carbocycles. The summed E-state index contributed by atoms with van der Waals surface area (Å²) >= 11 is 0. The van der Waals surface area contributed by atoms with E-state index < -0.39 is 0 Å². The lowest BCUT2D eigenvalue weighted by Crippen LogP contribution is -2.42. The van der Waals surface area contributed by atoms with Crippen molar-refractivity contribution >= 4 is 0 Å². The van der Waals surface area contributed by atoms with Crippen molar-refractivity contribution in [2.45, 2.75) is 45.7 Å². The third-order valence-corrected chi connectivity index (χ3v) is 3.87. The third-order valence-electron chi connectivity index (χ3n) is 3.87. The summed E-state index contributed by atoms with van der Waals surface area (Å²) < 4.78 is 5.32. The van der Waals surface area contributed by atoms with E-state index in [9.17, 15) is 0 Å². The van der Waals surface area contributed by atoms with Crippen molar-refractivity contribution in [2.75, 3.05) is 26.7 Å². The molecule has 0 aliphatic carbocycles. The number of methoxy groups -OCH3 is 1. The summed E-state index contributed by atoms with van der Waals surface area (Å²) in [4.78, 5) is 7.10. The van der Waals surface area contributed by atoms with Gasteiger partial charge in [0, 0.05) is 43.5 Å². The summed E-state index contributed by atoms with van der Waals surface area (Å²) in [5, 5.41) is 3.62. The van der Waals surface area contributed by atoms with Gasteiger partial charge < -0.3 is 10.1 Å².